The summed E-state index contributed by atoms with van der Waals surface area (Å²) in [5.41, 5.74) is 4.86. The van der Waals surface area contributed by atoms with Crippen LogP contribution in [0, 0.1) is 19.8 Å². The first kappa shape index (κ1) is 46.1. The van der Waals surface area contributed by atoms with E-state index in [1.165, 1.54) is 27.4 Å². The molecule has 64 heavy (non-hydrogen) atoms. The summed E-state index contributed by atoms with van der Waals surface area (Å²) in [6.45, 7) is 9.08. The number of nitrogens with zero attached hydrogens (tertiary/aromatic N) is 2. The van der Waals surface area contributed by atoms with Crippen molar-refractivity contribution in [3.63, 3.8) is 0 Å². The molecule has 0 unspecified atom stereocenters. The first-order valence-corrected chi connectivity index (χ1v) is 20.3. The van der Waals surface area contributed by atoms with Gasteiger partial charge in [0.05, 0.1) is 73.3 Å². The number of esters is 4. The molecule has 0 saturated carbocycles. The third-order valence-corrected chi connectivity index (χ3v) is 12.2. The number of H-pyrrole nitrogens is 2. The molecule has 1 aliphatic carbocycles. The second-order valence-electron chi connectivity index (χ2n) is 15.7. The zero-order valence-electron chi connectivity index (χ0n) is 36.9. The van der Waals surface area contributed by atoms with Crippen LogP contribution in [0.15, 0.2) is 35.9 Å². The average Bonchev–Trinajstić information content (AvgIpc) is 3.94. The molecule has 5 heterocycles. The quantitative estimate of drug-likeness (QED) is 0.112. The van der Waals surface area contributed by atoms with Gasteiger partial charge in [0.25, 0.3) is 0 Å². The van der Waals surface area contributed by atoms with Gasteiger partial charge < -0.3 is 44.4 Å². The number of rotatable bonds is 13. The van der Waals surface area contributed by atoms with Crippen LogP contribution < -0.4 is 5.32 Å². The van der Waals surface area contributed by atoms with Crippen LogP contribution in [0.4, 0.5) is 0 Å². The number of aryl methyl sites for hydroxylation is 4. The fourth-order valence-electron chi connectivity index (χ4n) is 8.75. The van der Waals surface area contributed by atoms with Gasteiger partial charge in [0.15, 0.2) is 0 Å². The van der Waals surface area contributed by atoms with E-state index in [0.29, 0.717) is 62.3 Å². The third-order valence-electron chi connectivity index (χ3n) is 12.2. The number of aromatic nitrogens is 4. The second-order valence-corrected chi connectivity index (χ2v) is 15.7. The van der Waals surface area contributed by atoms with Gasteiger partial charge in [0, 0.05) is 29.4 Å². The molecule has 8 bridgehead atoms. The topological polar surface area (TPSA) is 266 Å². The molecule has 336 valence electrons. The van der Waals surface area contributed by atoms with Gasteiger partial charge in [0.2, 0.25) is 5.91 Å². The molecule has 2 aliphatic heterocycles. The summed E-state index contributed by atoms with van der Waals surface area (Å²) in [6, 6.07) is 3.79. The molecule has 0 aromatic carbocycles. The zero-order chi connectivity index (χ0) is 46.9. The molecule has 0 fully saturated rings. The van der Waals surface area contributed by atoms with Gasteiger partial charge in [-0.1, -0.05) is 19.1 Å². The number of aliphatic carboxylic acids is 2. The largest absolute Gasteiger partial charge is 0.481 e. The maximum absolute atomic E-state index is 14.2. The van der Waals surface area contributed by atoms with E-state index < -0.39 is 65.5 Å². The molecule has 18 heteroatoms. The highest BCUT2D eigenvalue weighted by Crippen LogP contribution is 2.52. The highest BCUT2D eigenvalue weighted by atomic mass is 16.5. The Balaban J connectivity index is 1.77. The van der Waals surface area contributed by atoms with Crippen LogP contribution in [0.25, 0.3) is 38.8 Å². The molecule has 3 atom stereocenters. The summed E-state index contributed by atoms with van der Waals surface area (Å²) in [4.78, 5) is 108. The molecular weight excluding hydrogens is 831 g/mol. The van der Waals surface area contributed by atoms with Gasteiger partial charge in [0.1, 0.15) is 17.5 Å². The van der Waals surface area contributed by atoms with Crippen molar-refractivity contribution in [2.45, 2.75) is 78.2 Å². The molecule has 6 rings (SSSR count). The highest BCUT2D eigenvalue weighted by molar-refractivity contribution is 6.27. The van der Waals surface area contributed by atoms with Crippen molar-refractivity contribution >= 4 is 80.5 Å². The number of aromatic amines is 2. The van der Waals surface area contributed by atoms with E-state index in [2.05, 4.69) is 15.3 Å². The molecule has 0 spiro atoms. The lowest BCUT2D eigenvalue weighted by atomic mass is 9.64. The second kappa shape index (κ2) is 18.2. The molecule has 18 nitrogen and oxygen atoms in total. The average molecular weight is 880 g/mol. The molecule has 3 aromatic heterocycles. The van der Waals surface area contributed by atoms with Crippen molar-refractivity contribution in [2.24, 2.45) is 5.92 Å². The minimum Gasteiger partial charge on any atom is -0.481 e. The maximum atomic E-state index is 14.2. The van der Waals surface area contributed by atoms with Gasteiger partial charge >= 0.3 is 35.8 Å². The zero-order valence-corrected chi connectivity index (χ0v) is 36.9. The first-order chi connectivity index (χ1) is 30.4. The number of ether oxygens (including phenoxy) is 4. The number of carboxylic acid groups (broad SMARTS) is 2. The van der Waals surface area contributed by atoms with Crippen molar-refractivity contribution in [1.29, 1.82) is 0 Å². The number of methoxy groups -OCH3 is 4. The Morgan fingerprint density at radius 2 is 1.42 bits per heavy atom. The van der Waals surface area contributed by atoms with Gasteiger partial charge in [-0.15, -0.1) is 0 Å². The third kappa shape index (κ3) is 8.06. The highest BCUT2D eigenvalue weighted by Gasteiger charge is 2.53. The number of hydrogen-bond acceptors (Lipinski definition) is 13. The number of fused-ring (bicyclic) bond motifs is 11. The number of amides is 1. The standard InChI is InChI=1S/C46H49N5O13/c1-10-23-20(2)28-18-32-26-13-11-25(42(57)61-6)38(45(60)64-9)46(26,5)33(48-32)19-30-21(3)24(12-15-34(52)49-27(41(55)56)14-16-35(53)54)39(50-30)37(44(59)63-8)40-36(43(58)62-7)22(4)29(51-40)17-31(23)47-28/h11,13,17-19,27,38,47,50H,10,12,14-16H2,1-9H3,(H,49,52)(H,53,54)(H,55,56)/t27-,38-,46+/m0/s1. The SMILES string of the molecule is CCc1c(C)c2cc3nc(cc4[nH]c(c(CCC(=O)N[C@@H](CCC(=O)O)C(=O)O)c4C)c(C(=O)OC)c4nc(cc1[nH]2)C(C)=C4C(=O)OC)[C@@]1(C)C3=CC=C(C(=O)OC)[C@H]1C(=O)OC. The van der Waals surface area contributed by atoms with E-state index in [4.69, 9.17) is 34.0 Å². The maximum Gasteiger partial charge on any atom is 0.342 e. The monoisotopic (exact) mass is 879 g/mol. The number of carboxylic acids is 2. The van der Waals surface area contributed by atoms with Crippen LogP contribution in [-0.2, 0) is 66.0 Å². The molecular formula is C46H49N5O13. The van der Waals surface area contributed by atoms with Crippen molar-refractivity contribution in [3.8, 4) is 0 Å². The fourth-order valence-corrected chi connectivity index (χ4v) is 8.75. The molecule has 3 aromatic rings. The van der Waals surface area contributed by atoms with Crippen molar-refractivity contribution in [2.75, 3.05) is 28.4 Å². The summed E-state index contributed by atoms with van der Waals surface area (Å²) in [7, 11) is 4.77. The number of allylic oxidation sites excluding steroid dienone is 4. The Morgan fingerprint density at radius 3 is 2.03 bits per heavy atom. The van der Waals surface area contributed by atoms with Crippen LogP contribution in [0.3, 0.4) is 0 Å². The van der Waals surface area contributed by atoms with E-state index in [1.54, 1.807) is 39.0 Å². The fraction of sp³-hybridized carbons (Fsp3) is 0.370. The van der Waals surface area contributed by atoms with Gasteiger partial charge in [-0.3, -0.25) is 19.4 Å². The van der Waals surface area contributed by atoms with Crippen LogP contribution in [0.5, 0.6) is 0 Å². The number of carbonyl (C=O) groups excluding carboxylic acids is 5. The lowest BCUT2D eigenvalue weighted by Gasteiger charge is -2.36. The lowest BCUT2D eigenvalue weighted by molar-refractivity contribution is -0.149. The van der Waals surface area contributed by atoms with Gasteiger partial charge in [-0.05, 0) is 98.6 Å². The molecule has 0 radical (unpaired) electrons. The van der Waals surface area contributed by atoms with Gasteiger partial charge in [-0.2, -0.15) is 0 Å². The number of carbonyl (C=O) groups is 7. The Bertz CT molecular complexity index is 2810. The van der Waals surface area contributed by atoms with Gasteiger partial charge in [-0.25, -0.2) is 24.2 Å². The van der Waals surface area contributed by atoms with E-state index >= 15 is 0 Å². The van der Waals surface area contributed by atoms with Crippen molar-refractivity contribution < 1.29 is 62.7 Å². The molecule has 5 N–H and O–H groups in total. The minimum atomic E-state index is -1.49. The summed E-state index contributed by atoms with van der Waals surface area (Å²) in [5, 5.41) is 21.3. The summed E-state index contributed by atoms with van der Waals surface area (Å²) in [5.74, 6) is -7.81. The smallest absolute Gasteiger partial charge is 0.342 e. The molecule has 0 saturated heterocycles. The van der Waals surface area contributed by atoms with Crippen LogP contribution in [0.1, 0.15) is 95.4 Å². The number of hydrogen-bond donors (Lipinski definition) is 5. The predicted octanol–water partition coefficient (Wildman–Crippen LogP) is 4.99. The van der Waals surface area contributed by atoms with E-state index in [0.717, 1.165) is 18.2 Å². The predicted molar refractivity (Wildman–Crippen MR) is 231 cm³/mol. The van der Waals surface area contributed by atoms with E-state index in [9.17, 15) is 38.7 Å². The molecule has 1 amide bonds. The normalized spacial score (nSPS) is 17.0. The van der Waals surface area contributed by atoms with Crippen molar-refractivity contribution in [3.05, 3.63) is 86.5 Å². The van der Waals surface area contributed by atoms with Crippen LogP contribution in [-0.4, -0.2) is 106 Å². The minimum absolute atomic E-state index is 0.0256. The first-order valence-electron chi connectivity index (χ1n) is 20.3. The van der Waals surface area contributed by atoms with Crippen molar-refractivity contribution in [1.82, 2.24) is 25.3 Å². The lowest BCUT2D eigenvalue weighted by Crippen LogP contribution is -2.42. The molecule has 3 aliphatic rings. The van der Waals surface area contributed by atoms with Crippen LogP contribution in [0.2, 0.25) is 0 Å². The Labute approximate surface area is 366 Å². The van der Waals surface area contributed by atoms with E-state index in [-0.39, 0.29) is 47.2 Å². The Hall–Kier alpha value is -7.37. The Kier molecular flexibility index (Phi) is 13.1. The summed E-state index contributed by atoms with van der Waals surface area (Å²) < 4.78 is 21.0. The summed E-state index contributed by atoms with van der Waals surface area (Å²) in [6.07, 6.45) is 2.49. The number of nitrogens with one attached hydrogen (secondary N) is 3. The Morgan fingerprint density at radius 1 is 0.781 bits per heavy atom. The van der Waals surface area contributed by atoms with E-state index in [1.807, 2.05) is 19.9 Å². The van der Waals surface area contributed by atoms with Crippen LogP contribution >= 0.6 is 0 Å². The summed E-state index contributed by atoms with van der Waals surface area (Å²) >= 11 is 0.